The molecular formula is C71H118N2O18Si2. The first kappa shape index (κ1) is 73.2. The van der Waals surface area contributed by atoms with E-state index in [1.807, 2.05) is 21.0 Å². The largest absolute Gasteiger partial charge is 0.455 e. The number of fused-ring (bicyclic) bond motifs is 4. The van der Waals surface area contributed by atoms with E-state index in [0.717, 1.165) is 25.9 Å². The molecule has 528 valence electrons. The van der Waals surface area contributed by atoms with Crippen molar-refractivity contribution in [3.8, 4) is 0 Å². The van der Waals surface area contributed by atoms with Gasteiger partial charge < -0.3 is 72.6 Å². The average molecular weight is 1340 g/mol. The normalized spacial score (nSPS) is 49.6. The van der Waals surface area contributed by atoms with E-state index in [4.69, 9.17) is 47.1 Å². The van der Waals surface area contributed by atoms with E-state index in [9.17, 15) is 39.9 Å². The summed E-state index contributed by atoms with van der Waals surface area (Å²) in [5.41, 5.74) is -7.33. The maximum atomic E-state index is 13.7. The van der Waals surface area contributed by atoms with Crippen molar-refractivity contribution in [2.24, 2.45) is 74.9 Å². The van der Waals surface area contributed by atoms with Crippen molar-refractivity contribution >= 4 is 34.3 Å². The van der Waals surface area contributed by atoms with Crippen LogP contribution in [0, 0.1) is 74.9 Å². The number of hydrogen-bond acceptors (Lipinski definition) is 20. The number of hydrogen-bond donors (Lipinski definition) is 5. The predicted molar refractivity (Wildman–Crippen MR) is 354 cm³/mol. The molecule has 14 unspecified atom stereocenters. The van der Waals surface area contributed by atoms with Crippen LogP contribution in [0.3, 0.4) is 0 Å². The van der Waals surface area contributed by atoms with Gasteiger partial charge in [0.1, 0.15) is 41.7 Å². The van der Waals surface area contributed by atoms with Gasteiger partial charge in [0, 0.05) is 148 Å². The number of likely N-dealkylation sites (tertiary alicyclic amines) is 2. The molecule has 12 aliphatic rings. The summed E-state index contributed by atoms with van der Waals surface area (Å²) in [4.78, 5) is 45.0. The number of rotatable bonds is 16. The highest BCUT2D eigenvalue weighted by atomic mass is 28.4. The first-order valence-corrected chi connectivity index (χ1v) is 42.6. The minimum absolute atomic E-state index is 0.0472. The second kappa shape index (κ2) is 25.3. The Morgan fingerprint density at radius 1 is 0.581 bits per heavy atom. The number of benzene rings is 1. The van der Waals surface area contributed by atoms with E-state index in [-0.39, 0.29) is 65.2 Å². The summed E-state index contributed by atoms with van der Waals surface area (Å²) in [5, 5.41) is 62.4. The summed E-state index contributed by atoms with van der Waals surface area (Å²) < 4.78 is 64.3. The van der Waals surface area contributed by atoms with Crippen molar-refractivity contribution in [2.75, 3.05) is 68.8 Å². The molecule has 2 aliphatic heterocycles. The van der Waals surface area contributed by atoms with Crippen molar-refractivity contribution in [2.45, 2.75) is 248 Å². The van der Waals surface area contributed by atoms with E-state index in [0.29, 0.717) is 43.8 Å². The average Bonchev–Trinajstić information content (AvgIpc) is 1.46. The number of carbonyl (C=O) groups excluding carboxylic acids is 3. The highest BCUT2D eigenvalue weighted by Gasteiger charge is 2.94. The van der Waals surface area contributed by atoms with Crippen LogP contribution < -0.4 is 0 Å². The third-order valence-electron chi connectivity index (χ3n) is 26.5. The molecule has 2 heterocycles. The van der Waals surface area contributed by atoms with Gasteiger partial charge in [-0.2, -0.15) is 0 Å². The van der Waals surface area contributed by atoms with E-state index in [1.54, 1.807) is 58.8 Å². The topological polar surface area (TPSA) is 251 Å². The fourth-order valence-electron chi connectivity index (χ4n) is 24.9. The number of nitrogens with zero attached hydrogens (tertiary/aromatic N) is 2. The number of aliphatic hydroxyl groups excluding tert-OH is 4. The highest BCUT2D eigenvalue weighted by molar-refractivity contribution is 6.74. The molecule has 22 heteroatoms. The minimum atomic E-state index is -2.25. The zero-order valence-corrected chi connectivity index (χ0v) is 62.1. The van der Waals surface area contributed by atoms with Crippen LogP contribution in [-0.4, -0.2) is 240 Å². The Hall–Kier alpha value is -2.50. The summed E-state index contributed by atoms with van der Waals surface area (Å²) in [6, 6.07) is 8.23. The van der Waals surface area contributed by atoms with Crippen molar-refractivity contribution in [1.82, 2.24) is 9.80 Å². The first-order valence-electron chi connectivity index (χ1n) is 35.2. The maximum absolute atomic E-state index is 13.7. The lowest BCUT2D eigenvalue weighted by Gasteiger charge is -2.71. The van der Waals surface area contributed by atoms with Gasteiger partial charge in [-0.3, -0.25) is 19.4 Å². The molecule has 5 N–H and O–H groups in total. The van der Waals surface area contributed by atoms with Crippen LogP contribution in [0.1, 0.15) is 111 Å². The van der Waals surface area contributed by atoms with Crippen molar-refractivity contribution in [3.05, 3.63) is 35.9 Å². The zero-order chi connectivity index (χ0) is 68.8. The van der Waals surface area contributed by atoms with Crippen LogP contribution in [-0.2, 0) is 56.6 Å². The quantitative estimate of drug-likeness (QED) is 0.0630. The van der Waals surface area contributed by atoms with Crippen molar-refractivity contribution in [3.63, 3.8) is 0 Å². The molecule has 20 nitrogen and oxygen atoms in total. The van der Waals surface area contributed by atoms with E-state index in [2.05, 4.69) is 90.2 Å². The van der Waals surface area contributed by atoms with E-state index in [1.165, 1.54) is 21.0 Å². The van der Waals surface area contributed by atoms with Crippen LogP contribution in [0.25, 0.3) is 0 Å². The molecule has 13 rings (SSSR count). The second-order valence-corrected chi connectivity index (χ2v) is 42.9. The van der Waals surface area contributed by atoms with Gasteiger partial charge in [-0.05, 0) is 100 Å². The summed E-state index contributed by atoms with van der Waals surface area (Å²) in [6.45, 7) is 36.5. The van der Waals surface area contributed by atoms with Gasteiger partial charge in [-0.1, -0.05) is 92.9 Å². The molecule has 1 aromatic rings. The lowest BCUT2D eigenvalue weighted by Crippen LogP contribution is -2.81. The van der Waals surface area contributed by atoms with Crippen LogP contribution in [0.5, 0.6) is 0 Å². The Labute approximate surface area is 556 Å². The molecule has 2 saturated heterocycles. The molecule has 14 bridgehead atoms. The third-order valence-corrected chi connectivity index (χ3v) is 27.5. The van der Waals surface area contributed by atoms with Crippen molar-refractivity contribution < 1.29 is 87.0 Å². The van der Waals surface area contributed by atoms with Crippen LogP contribution in [0.15, 0.2) is 30.3 Å². The molecule has 1 aromatic carbocycles. The van der Waals surface area contributed by atoms with Gasteiger partial charge in [-0.25, -0.2) is 4.79 Å². The Morgan fingerprint density at radius 3 is 1.47 bits per heavy atom. The first-order chi connectivity index (χ1) is 43.7. The molecule has 2 spiro atoms. The van der Waals surface area contributed by atoms with Crippen molar-refractivity contribution in [1.29, 1.82) is 0 Å². The zero-order valence-electron chi connectivity index (χ0n) is 60.1. The molecule has 0 amide bonds. The molecule has 12 fully saturated rings. The van der Waals surface area contributed by atoms with Gasteiger partial charge in [0.15, 0.2) is 19.5 Å². The Kier molecular flexibility index (Phi) is 19.9. The number of aliphatic hydroxyl groups is 5. The molecule has 30 atom stereocenters. The lowest BCUT2D eigenvalue weighted by atomic mass is 9.40. The van der Waals surface area contributed by atoms with E-state index < -0.39 is 146 Å². The highest BCUT2D eigenvalue weighted by Crippen LogP contribution is 2.84. The lowest BCUT2D eigenvalue weighted by molar-refractivity contribution is -0.321. The molecule has 0 radical (unpaired) electrons. The van der Waals surface area contributed by atoms with Gasteiger partial charge >= 0.3 is 17.9 Å². The monoisotopic (exact) mass is 1340 g/mol. The standard InChI is InChI=1S/C34H47NO10.C31H53NO8Si.C4H12Si.C2H6/c1-7-31-16-35(8-2)26-23-24(42-5)25(31)33(26,21(41-4)14-20(31)37)19-15-32(40)28(44-30(39)18-12-10-9-11-13-18)22(19)34(23,45-17(3)36)27(38)29(32)43-6;1-11-28-15-32(12-2)24-21-22(37-6)23(28)30(24,19(36-5)13-16(28)3)18-14-29(40-41(8,9)10)25(34)20(18)31(21,39-17(4)33)26(35)27(29)38-7;1-5(2,3)4;1-2/h9-13,19-29,37-38,40H,7-8,14-16H2,1-6H3;16,18-27,34-35H,11-15H2,1-10H3;1-4H3;1-2H3/t19-,20+,21-,22?,23?,24?,25?,26?,27-,28+,29-,31?,32+,33?,34+;16-,18+,19+,20?,21?,22?,23?,24?,25-,26+,27+,28?,29-,30?,31-;;/m01../s1. The molecule has 0 aromatic heterocycles. The maximum Gasteiger partial charge on any atom is 0.338 e. The molecule has 10 saturated carbocycles. The Balaban J connectivity index is 0.000000186. The van der Waals surface area contributed by atoms with Crippen LogP contribution in [0.2, 0.25) is 45.8 Å². The van der Waals surface area contributed by atoms with Gasteiger partial charge in [-0.15, -0.1) is 0 Å². The van der Waals surface area contributed by atoms with Crippen LogP contribution >= 0.6 is 0 Å². The smallest absolute Gasteiger partial charge is 0.338 e. The Morgan fingerprint density at radius 2 is 1.03 bits per heavy atom. The second-order valence-electron chi connectivity index (χ2n) is 32.5. The number of piperidine rings is 2. The number of methoxy groups -OCH3 is 6. The summed E-state index contributed by atoms with van der Waals surface area (Å²) in [5.74, 6) is -4.34. The molecule has 93 heavy (non-hydrogen) atoms. The summed E-state index contributed by atoms with van der Waals surface area (Å²) >= 11 is 0. The van der Waals surface area contributed by atoms with E-state index >= 15 is 0 Å². The number of ether oxygens (including phenoxy) is 9. The number of carbonyl (C=O) groups is 3. The van der Waals surface area contributed by atoms with Gasteiger partial charge in [0.2, 0.25) is 0 Å². The summed E-state index contributed by atoms with van der Waals surface area (Å²) in [7, 11) is 7.03. The number of esters is 3. The Bertz CT molecular complexity index is 2880. The fourth-order valence-corrected chi connectivity index (χ4v) is 26.4. The van der Waals surface area contributed by atoms with Crippen LogP contribution in [0.4, 0.5) is 0 Å². The van der Waals surface area contributed by atoms with Gasteiger partial charge in [0.25, 0.3) is 0 Å². The molecule has 10 aliphatic carbocycles. The summed E-state index contributed by atoms with van der Waals surface area (Å²) in [6.07, 6.45) is -5.32. The fraction of sp³-hybridized carbons (Fsp3) is 0.873. The third kappa shape index (κ3) is 9.58. The molecular weight excluding hydrogens is 1220 g/mol. The minimum Gasteiger partial charge on any atom is -0.455 e. The SMILES string of the molecule is CC.CCN1CC2(CC)C3C(OC)C4C1C3([C@@H](OC)C[C@H]2C)[C@H]1C[C@@]2(O[Si](C)(C)C)[C@H](O)C1[C@]4(OC(C)=O)[C@@H](O)[C@@H]2OC.CCN1CC2(CC)C3C(OC)C4C1C3([C@@H](OC)C[C@H]2O)[C@H]1C[C@@]2(O)[C@H](OC(=O)c3ccccc3)C1[C@]4(OC(C)=O)[C@@H](O)[C@@H]2OC.C[Si](C)(C)C. The van der Waals surface area contributed by atoms with Gasteiger partial charge in [0.05, 0.1) is 42.2 Å². The predicted octanol–water partition coefficient (Wildman–Crippen LogP) is 7.07.